The molecule has 0 saturated heterocycles. The summed E-state index contributed by atoms with van der Waals surface area (Å²) in [6.45, 7) is 7.01. The Bertz CT molecular complexity index is 800. The average Bonchev–Trinajstić information content (AvgIpc) is 3.27. The second kappa shape index (κ2) is 6.88. The van der Waals surface area contributed by atoms with Crippen molar-refractivity contribution in [1.82, 2.24) is 30.0 Å². The van der Waals surface area contributed by atoms with Gasteiger partial charge in [-0.3, -0.25) is 9.89 Å². The number of carbonyl (C=O) groups is 1. The van der Waals surface area contributed by atoms with Gasteiger partial charge < -0.3 is 9.88 Å². The van der Waals surface area contributed by atoms with E-state index in [0.29, 0.717) is 17.9 Å². The van der Waals surface area contributed by atoms with E-state index in [2.05, 4.69) is 46.3 Å². The van der Waals surface area contributed by atoms with Crippen molar-refractivity contribution in [1.29, 1.82) is 0 Å². The largest absolute Gasteiger partial charge is 0.347 e. The summed E-state index contributed by atoms with van der Waals surface area (Å²) in [5.74, 6) is 0.587. The molecule has 0 radical (unpaired) electrons. The molecule has 0 unspecified atom stereocenters. The fourth-order valence-corrected chi connectivity index (χ4v) is 2.51. The van der Waals surface area contributed by atoms with E-state index < -0.39 is 0 Å². The summed E-state index contributed by atoms with van der Waals surface area (Å²) < 4.78 is 1.98. The van der Waals surface area contributed by atoms with E-state index in [1.165, 1.54) is 6.33 Å². The number of amides is 1. The average molecular weight is 338 g/mol. The highest BCUT2D eigenvalue weighted by Crippen LogP contribution is 2.22. The van der Waals surface area contributed by atoms with Gasteiger partial charge in [0.15, 0.2) is 5.82 Å². The van der Waals surface area contributed by atoms with E-state index in [4.69, 9.17) is 0 Å². The molecule has 2 heterocycles. The molecule has 0 fully saturated rings. The molecule has 1 amide bonds. The first-order valence-corrected chi connectivity index (χ1v) is 8.16. The van der Waals surface area contributed by atoms with E-state index in [9.17, 15) is 4.79 Å². The molecule has 0 spiro atoms. The maximum absolute atomic E-state index is 12.7. The minimum Gasteiger partial charge on any atom is -0.347 e. The van der Waals surface area contributed by atoms with Crippen LogP contribution in [0.5, 0.6) is 0 Å². The number of nitrogens with zero attached hydrogens (tertiary/aromatic N) is 4. The lowest BCUT2D eigenvalue weighted by atomic mass is 9.86. The zero-order valence-electron chi connectivity index (χ0n) is 14.6. The van der Waals surface area contributed by atoms with Crippen LogP contribution in [0.3, 0.4) is 0 Å². The van der Waals surface area contributed by atoms with Crippen LogP contribution in [0.2, 0.25) is 0 Å². The number of rotatable bonds is 5. The second-order valence-electron chi connectivity index (χ2n) is 7.06. The molecule has 0 saturated carbocycles. The summed E-state index contributed by atoms with van der Waals surface area (Å²) in [6, 6.07) is 7.28. The molecule has 7 nitrogen and oxygen atoms in total. The number of nitrogens with one attached hydrogen (secondary N) is 2. The molecule has 3 aromatic rings. The van der Waals surface area contributed by atoms with E-state index in [1.807, 2.05) is 22.9 Å². The van der Waals surface area contributed by atoms with Crippen molar-refractivity contribution in [2.75, 3.05) is 0 Å². The second-order valence-corrected chi connectivity index (χ2v) is 7.06. The Morgan fingerprint density at radius 2 is 2.04 bits per heavy atom. The number of benzene rings is 1. The number of H-pyrrole nitrogens is 1. The Labute approximate surface area is 146 Å². The lowest BCUT2D eigenvalue weighted by molar-refractivity contribution is 0.0892. The van der Waals surface area contributed by atoms with Gasteiger partial charge in [0, 0.05) is 30.1 Å². The van der Waals surface area contributed by atoms with Gasteiger partial charge in [-0.1, -0.05) is 32.9 Å². The zero-order chi connectivity index (χ0) is 17.9. The molecule has 2 N–H and O–H groups in total. The van der Waals surface area contributed by atoms with Crippen molar-refractivity contribution >= 4 is 5.91 Å². The monoisotopic (exact) mass is 338 g/mol. The first kappa shape index (κ1) is 16.9. The Balaban J connectivity index is 1.72. The fourth-order valence-electron chi connectivity index (χ4n) is 2.51. The molecule has 1 aromatic carbocycles. The van der Waals surface area contributed by atoms with Crippen LogP contribution in [0.25, 0.3) is 11.4 Å². The smallest absolute Gasteiger partial charge is 0.251 e. The third-order valence-electron chi connectivity index (χ3n) is 4.14. The van der Waals surface area contributed by atoms with Crippen LogP contribution in [0.15, 0.2) is 49.3 Å². The molecule has 130 valence electrons. The Kier molecular flexibility index (Phi) is 4.65. The van der Waals surface area contributed by atoms with Crippen LogP contribution in [0.1, 0.15) is 31.1 Å². The summed E-state index contributed by atoms with van der Waals surface area (Å²) in [4.78, 5) is 20.8. The Morgan fingerprint density at radius 3 is 2.60 bits per heavy atom. The lowest BCUT2D eigenvalue weighted by Gasteiger charge is -2.31. The first-order chi connectivity index (χ1) is 11.9. The van der Waals surface area contributed by atoms with Crippen molar-refractivity contribution in [3.8, 4) is 11.4 Å². The summed E-state index contributed by atoms with van der Waals surface area (Å²) >= 11 is 0. The topological polar surface area (TPSA) is 88.5 Å². The summed E-state index contributed by atoms with van der Waals surface area (Å²) in [5, 5.41) is 9.79. The lowest BCUT2D eigenvalue weighted by Crippen LogP contribution is -2.46. The minimum atomic E-state index is -0.0934. The van der Waals surface area contributed by atoms with Gasteiger partial charge >= 0.3 is 0 Å². The third kappa shape index (κ3) is 4.12. The third-order valence-corrected chi connectivity index (χ3v) is 4.14. The predicted octanol–water partition coefficient (Wildman–Crippen LogP) is 2.51. The van der Waals surface area contributed by atoms with Crippen LogP contribution in [0, 0.1) is 5.41 Å². The van der Waals surface area contributed by atoms with E-state index >= 15 is 0 Å². The highest BCUT2D eigenvalue weighted by atomic mass is 16.1. The molecular formula is C18H22N6O. The number of carbonyl (C=O) groups excluding carboxylic acids is 1. The van der Waals surface area contributed by atoms with Crippen LogP contribution in [0.4, 0.5) is 0 Å². The molecule has 2 aromatic heterocycles. The quantitative estimate of drug-likeness (QED) is 0.748. The van der Waals surface area contributed by atoms with Gasteiger partial charge in [-0.2, -0.15) is 5.10 Å². The van der Waals surface area contributed by atoms with E-state index in [0.717, 1.165) is 5.56 Å². The van der Waals surface area contributed by atoms with Crippen molar-refractivity contribution in [2.24, 2.45) is 5.41 Å². The normalized spacial score (nSPS) is 12.8. The number of imidazole rings is 1. The number of hydrogen-bond acceptors (Lipinski definition) is 4. The number of hydrogen-bond donors (Lipinski definition) is 2. The maximum Gasteiger partial charge on any atom is 0.251 e. The van der Waals surface area contributed by atoms with E-state index in [-0.39, 0.29) is 17.4 Å². The van der Waals surface area contributed by atoms with Crippen LogP contribution in [-0.2, 0) is 6.54 Å². The fraction of sp³-hybridized carbons (Fsp3) is 0.333. The van der Waals surface area contributed by atoms with Gasteiger partial charge in [0.2, 0.25) is 0 Å². The minimum absolute atomic E-state index is 0.0249. The van der Waals surface area contributed by atoms with Gasteiger partial charge in [-0.05, 0) is 17.5 Å². The number of aromatic nitrogens is 5. The Hall–Kier alpha value is -2.96. The van der Waals surface area contributed by atoms with Crippen LogP contribution >= 0.6 is 0 Å². The highest BCUT2D eigenvalue weighted by molar-refractivity contribution is 5.94. The van der Waals surface area contributed by atoms with Crippen LogP contribution < -0.4 is 5.32 Å². The van der Waals surface area contributed by atoms with Crippen LogP contribution in [-0.4, -0.2) is 36.7 Å². The molecule has 0 bridgehead atoms. The van der Waals surface area contributed by atoms with Gasteiger partial charge in [0.05, 0.1) is 12.4 Å². The molecule has 0 aliphatic carbocycles. The summed E-state index contributed by atoms with van der Waals surface area (Å²) in [5.41, 5.74) is 1.42. The zero-order valence-corrected chi connectivity index (χ0v) is 14.6. The van der Waals surface area contributed by atoms with Crippen molar-refractivity contribution in [3.63, 3.8) is 0 Å². The standard InChI is InChI=1S/C18H22N6O/c1-18(2,3)15(10-24-9-8-19-12-24)22-17(25)14-6-4-13(5-7-14)16-20-11-21-23-16/h4-9,11-12,15H,10H2,1-3H3,(H,22,25)(H,20,21,23)/t15-/m1/s1. The molecule has 1 atom stereocenters. The van der Waals surface area contributed by atoms with Crippen molar-refractivity contribution < 1.29 is 4.79 Å². The molecule has 0 aliphatic heterocycles. The van der Waals surface area contributed by atoms with Gasteiger partial charge in [-0.15, -0.1) is 0 Å². The van der Waals surface area contributed by atoms with E-state index in [1.54, 1.807) is 24.7 Å². The Morgan fingerprint density at radius 1 is 1.28 bits per heavy atom. The molecule has 7 heteroatoms. The summed E-state index contributed by atoms with van der Waals surface area (Å²) in [7, 11) is 0. The molecule has 0 aliphatic rings. The molecule has 25 heavy (non-hydrogen) atoms. The molecule has 3 rings (SSSR count). The SMILES string of the molecule is CC(C)(C)[C@@H](Cn1ccnc1)NC(=O)c1ccc(-c2ncn[nH]2)cc1. The number of aromatic amines is 1. The van der Waals surface area contributed by atoms with Gasteiger partial charge in [0.25, 0.3) is 5.91 Å². The van der Waals surface area contributed by atoms with Crippen molar-refractivity contribution in [3.05, 3.63) is 54.9 Å². The van der Waals surface area contributed by atoms with Gasteiger partial charge in [0.1, 0.15) is 6.33 Å². The maximum atomic E-state index is 12.7. The molecular weight excluding hydrogens is 316 g/mol. The predicted molar refractivity (Wildman–Crippen MR) is 94.8 cm³/mol. The first-order valence-electron chi connectivity index (χ1n) is 8.16. The summed E-state index contributed by atoms with van der Waals surface area (Å²) in [6.07, 6.45) is 6.86. The highest BCUT2D eigenvalue weighted by Gasteiger charge is 2.27. The van der Waals surface area contributed by atoms with Gasteiger partial charge in [-0.25, -0.2) is 9.97 Å². The van der Waals surface area contributed by atoms with Crippen molar-refractivity contribution in [2.45, 2.75) is 33.4 Å².